The molecule has 0 saturated heterocycles. The fraction of sp³-hybridized carbons (Fsp3) is 0.857. The van der Waals surface area contributed by atoms with Gasteiger partial charge in [0, 0.05) is 0 Å². The minimum absolute atomic E-state index is 0.0417. The van der Waals surface area contributed by atoms with Gasteiger partial charge in [0.05, 0.1) is 0 Å². The van der Waals surface area contributed by atoms with Crippen molar-refractivity contribution in [3.05, 3.63) is 6.92 Å². The lowest BCUT2D eigenvalue weighted by molar-refractivity contribution is 0.673. The van der Waals surface area contributed by atoms with Crippen LogP contribution in [0.25, 0.3) is 0 Å². The summed E-state index contributed by atoms with van der Waals surface area (Å²) < 4.78 is 0. The summed E-state index contributed by atoms with van der Waals surface area (Å²) in [5.74, 6) is 0. The largest absolute Gasteiger partial charge is 0.435 e. The van der Waals surface area contributed by atoms with Gasteiger partial charge in [-0.25, -0.2) is 28.1 Å². The predicted molar refractivity (Wildman–Crippen MR) is 59.1 cm³/mol. The topological polar surface area (TPSA) is 0 Å². The molecule has 0 N–H and O–H groups in total. The monoisotopic (exact) mass is 285 g/mol. The second-order valence-corrected chi connectivity index (χ2v) is 10.1. The molecule has 0 spiro atoms. The molecule has 0 unspecified atom stereocenters. The maximum Gasteiger partial charge on any atom is 0.435 e. The highest BCUT2D eigenvalue weighted by Crippen LogP contribution is 1.99. The molecule has 0 saturated carbocycles. The van der Waals surface area contributed by atoms with Crippen molar-refractivity contribution in [3.63, 3.8) is 0 Å². The molecular formula is C7H16AlBr2. The highest BCUT2D eigenvalue weighted by atomic mass is 79.9. The summed E-state index contributed by atoms with van der Waals surface area (Å²) in [4.78, 5) is 0. The Morgan fingerprint density at radius 3 is 2.00 bits per heavy atom. The van der Waals surface area contributed by atoms with Crippen molar-refractivity contribution >= 4 is 39.7 Å². The van der Waals surface area contributed by atoms with Gasteiger partial charge < -0.3 is 0 Å². The Labute approximate surface area is 85.2 Å². The fourth-order valence-electron chi connectivity index (χ4n) is 0.604. The van der Waals surface area contributed by atoms with Gasteiger partial charge in [0.25, 0.3) is 0 Å². The van der Waals surface area contributed by atoms with Gasteiger partial charge >= 0.3 is 11.6 Å². The van der Waals surface area contributed by atoms with Crippen LogP contribution in [0.2, 0.25) is 0 Å². The summed E-state index contributed by atoms with van der Waals surface area (Å²) in [5.41, 5.74) is 0. The van der Waals surface area contributed by atoms with Crippen molar-refractivity contribution in [2.24, 2.45) is 0 Å². The van der Waals surface area contributed by atoms with Crippen LogP contribution < -0.4 is 0 Å². The molecule has 0 atom stereocenters. The van der Waals surface area contributed by atoms with Crippen LogP contribution in [-0.4, -0.2) is 11.6 Å². The van der Waals surface area contributed by atoms with Crippen molar-refractivity contribution in [1.29, 1.82) is 0 Å². The standard InChI is InChI=1S/C7H15.Al.2BrH.H/c1-3-5-7-6-4-2;;;;/h1,3-7H2,2H3;;2*1H;/q;+2;;;/p-2. The predicted octanol–water partition coefficient (Wildman–Crippen LogP) is 3.83. The minimum atomic E-state index is 0.0417. The Morgan fingerprint density at radius 2 is 1.70 bits per heavy atom. The van der Waals surface area contributed by atoms with Crippen LogP contribution in [0.4, 0.5) is 0 Å². The van der Waals surface area contributed by atoms with E-state index in [1.165, 1.54) is 25.7 Å². The molecule has 0 aliphatic rings. The number of halogens is 2. The van der Waals surface area contributed by atoms with Gasteiger partial charge in [-0.15, -0.1) is 0 Å². The summed E-state index contributed by atoms with van der Waals surface area (Å²) in [6, 6.07) is 0. The van der Waals surface area contributed by atoms with Crippen molar-refractivity contribution in [2.45, 2.75) is 39.0 Å². The first-order valence-electron chi connectivity index (χ1n) is 3.74. The van der Waals surface area contributed by atoms with Crippen LogP contribution in [0, 0.1) is 6.92 Å². The lowest BCUT2D eigenvalue weighted by Crippen LogP contribution is -1.71. The van der Waals surface area contributed by atoms with Crippen molar-refractivity contribution in [1.82, 2.24) is 0 Å². The van der Waals surface area contributed by atoms with Crippen molar-refractivity contribution in [3.8, 4) is 0 Å². The first-order valence-corrected chi connectivity index (χ1v) is 11.5. The SMILES string of the molecule is [Br][AlH][Br].[CH2]CCCCCC. The van der Waals surface area contributed by atoms with E-state index in [1.807, 2.05) is 0 Å². The van der Waals surface area contributed by atoms with Gasteiger partial charge in [0.1, 0.15) is 0 Å². The summed E-state index contributed by atoms with van der Waals surface area (Å²) in [6.07, 6.45) is 6.52. The quantitative estimate of drug-likeness (QED) is 0.544. The van der Waals surface area contributed by atoms with Gasteiger partial charge in [0.15, 0.2) is 0 Å². The number of rotatable bonds is 4. The van der Waals surface area contributed by atoms with Crippen molar-refractivity contribution < 1.29 is 0 Å². The second kappa shape index (κ2) is 16.8. The molecule has 1 radical (unpaired) electrons. The van der Waals surface area contributed by atoms with Gasteiger partial charge in [-0.2, -0.15) is 0 Å². The molecule has 0 aliphatic heterocycles. The molecule has 3 heteroatoms. The Hall–Kier alpha value is 1.49. The smallest absolute Gasteiger partial charge is 0.203 e. The molecule has 10 heavy (non-hydrogen) atoms. The van der Waals surface area contributed by atoms with Crippen LogP contribution >= 0.6 is 28.1 Å². The van der Waals surface area contributed by atoms with Crippen LogP contribution in [0.3, 0.4) is 0 Å². The van der Waals surface area contributed by atoms with Crippen LogP contribution in [-0.2, 0) is 0 Å². The lowest BCUT2D eigenvalue weighted by Gasteiger charge is -1.90. The fourth-order valence-corrected chi connectivity index (χ4v) is 0.604. The molecule has 0 nitrogen and oxygen atoms in total. The van der Waals surface area contributed by atoms with E-state index in [2.05, 4.69) is 42.0 Å². The molecule has 61 valence electrons. The van der Waals surface area contributed by atoms with E-state index in [0.29, 0.717) is 0 Å². The van der Waals surface area contributed by atoms with E-state index in [1.54, 1.807) is 0 Å². The molecular weight excluding hydrogens is 271 g/mol. The molecule has 0 bridgehead atoms. The van der Waals surface area contributed by atoms with Crippen LogP contribution in [0.15, 0.2) is 0 Å². The summed E-state index contributed by atoms with van der Waals surface area (Å²) >= 11 is 6.44. The van der Waals surface area contributed by atoms with Crippen LogP contribution in [0.1, 0.15) is 39.0 Å². The number of hydrogen-bond acceptors (Lipinski definition) is 0. The van der Waals surface area contributed by atoms with Crippen molar-refractivity contribution in [2.75, 3.05) is 0 Å². The highest BCUT2D eigenvalue weighted by molar-refractivity contribution is 9.47. The highest BCUT2D eigenvalue weighted by Gasteiger charge is 1.80. The zero-order valence-corrected chi connectivity index (χ0v) is 11.3. The van der Waals surface area contributed by atoms with Gasteiger partial charge in [-0.05, 0) is 0 Å². The summed E-state index contributed by atoms with van der Waals surface area (Å²) in [7, 11) is 0. The maximum absolute atomic E-state index is 3.76. The maximum atomic E-state index is 3.76. The average molecular weight is 287 g/mol. The lowest BCUT2D eigenvalue weighted by atomic mass is 10.2. The van der Waals surface area contributed by atoms with E-state index in [9.17, 15) is 0 Å². The Kier molecular flexibility index (Phi) is 23.6. The van der Waals surface area contributed by atoms with E-state index >= 15 is 0 Å². The third-order valence-electron chi connectivity index (χ3n) is 1.10. The zero-order chi connectivity index (χ0) is 8.24. The Balaban J connectivity index is 0. The van der Waals surface area contributed by atoms with Crippen LogP contribution in [0.5, 0.6) is 0 Å². The molecule has 0 aliphatic carbocycles. The summed E-state index contributed by atoms with van der Waals surface area (Å²) in [6.45, 7) is 5.98. The molecule has 0 aromatic carbocycles. The second-order valence-electron chi connectivity index (χ2n) is 2.02. The molecule has 0 aromatic heterocycles. The number of hydrogen-bond donors (Lipinski definition) is 0. The van der Waals surface area contributed by atoms with E-state index < -0.39 is 0 Å². The van der Waals surface area contributed by atoms with Gasteiger partial charge in [0.2, 0.25) is 0 Å². The molecule has 0 amide bonds. The van der Waals surface area contributed by atoms with Gasteiger partial charge in [-0.3, -0.25) is 0 Å². The third-order valence-corrected chi connectivity index (χ3v) is 1.10. The van der Waals surface area contributed by atoms with Gasteiger partial charge in [-0.1, -0.05) is 46.0 Å². The van der Waals surface area contributed by atoms with E-state index in [0.717, 1.165) is 6.42 Å². The molecule has 0 rings (SSSR count). The average Bonchev–Trinajstić information content (AvgIpc) is 1.91. The molecule has 0 fully saturated rings. The number of unbranched alkanes of at least 4 members (excludes halogenated alkanes) is 4. The molecule has 0 heterocycles. The first-order chi connectivity index (χ1) is 4.83. The Bertz CT molecular complexity index is 38.6. The normalized spacial score (nSPS) is 8.00. The van der Waals surface area contributed by atoms with E-state index in [-0.39, 0.29) is 11.6 Å². The zero-order valence-electron chi connectivity index (χ0n) is 6.71. The summed E-state index contributed by atoms with van der Waals surface area (Å²) in [5, 5.41) is 0. The third kappa shape index (κ3) is 22.7. The first kappa shape index (κ1) is 14.0. The Morgan fingerprint density at radius 1 is 1.20 bits per heavy atom. The molecule has 0 aromatic rings. The van der Waals surface area contributed by atoms with E-state index in [4.69, 9.17) is 0 Å². The minimum Gasteiger partial charge on any atom is -0.203 e.